The van der Waals surface area contributed by atoms with Gasteiger partial charge in [-0.1, -0.05) is 60.3 Å². The molecular formula is C17H32. The standard InChI is InChI=1S/C17H32/c1-6-9-13-11-16-14(8-3)17(16,5)15(13)10-12(4)7-2/h12-16H,6-11H2,1-5H3. The minimum Gasteiger partial charge on any atom is -0.0654 e. The average molecular weight is 236 g/mol. The summed E-state index contributed by atoms with van der Waals surface area (Å²) in [5.74, 6) is 5.22. The Morgan fingerprint density at radius 1 is 1.18 bits per heavy atom. The fourth-order valence-electron chi connectivity index (χ4n) is 5.15. The van der Waals surface area contributed by atoms with Crippen LogP contribution in [0.2, 0.25) is 0 Å². The van der Waals surface area contributed by atoms with Crippen LogP contribution in [-0.2, 0) is 0 Å². The van der Waals surface area contributed by atoms with Crippen LogP contribution < -0.4 is 0 Å². The van der Waals surface area contributed by atoms with E-state index in [4.69, 9.17) is 0 Å². The van der Waals surface area contributed by atoms with E-state index in [0.29, 0.717) is 0 Å². The van der Waals surface area contributed by atoms with Gasteiger partial charge in [-0.15, -0.1) is 0 Å². The van der Waals surface area contributed by atoms with Gasteiger partial charge in [0.25, 0.3) is 0 Å². The molecule has 0 nitrogen and oxygen atoms in total. The number of hydrogen-bond donors (Lipinski definition) is 0. The van der Waals surface area contributed by atoms with Gasteiger partial charge >= 0.3 is 0 Å². The molecule has 0 heterocycles. The SMILES string of the molecule is CCCC1CC2C(CC)C2(C)C1CC(C)CC. The molecule has 0 saturated heterocycles. The Kier molecular flexibility index (Phi) is 3.90. The highest BCUT2D eigenvalue weighted by Gasteiger charge is 2.68. The van der Waals surface area contributed by atoms with Crippen LogP contribution in [-0.4, -0.2) is 0 Å². The molecule has 17 heavy (non-hydrogen) atoms. The zero-order valence-electron chi connectivity index (χ0n) is 12.6. The summed E-state index contributed by atoms with van der Waals surface area (Å²) in [6.45, 7) is 12.2. The summed E-state index contributed by atoms with van der Waals surface area (Å²) in [7, 11) is 0. The minimum atomic E-state index is 0.748. The number of hydrogen-bond acceptors (Lipinski definition) is 0. The molecule has 0 bridgehead atoms. The zero-order valence-corrected chi connectivity index (χ0v) is 12.6. The highest BCUT2D eigenvalue weighted by atomic mass is 14.7. The third-order valence-corrected chi connectivity index (χ3v) is 6.35. The maximum atomic E-state index is 2.62. The van der Waals surface area contributed by atoms with Crippen LogP contribution in [0.4, 0.5) is 0 Å². The molecule has 0 aliphatic heterocycles. The van der Waals surface area contributed by atoms with Crippen molar-refractivity contribution in [2.75, 3.05) is 0 Å². The van der Waals surface area contributed by atoms with Crippen LogP contribution in [0.25, 0.3) is 0 Å². The van der Waals surface area contributed by atoms with Crippen molar-refractivity contribution in [1.82, 2.24) is 0 Å². The minimum absolute atomic E-state index is 0.748. The Balaban J connectivity index is 2.05. The molecule has 6 unspecified atom stereocenters. The summed E-state index contributed by atoms with van der Waals surface area (Å²) in [6.07, 6.45) is 8.74. The van der Waals surface area contributed by atoms with Gasteiger partial charge in [-0.05, 0) is 47.8 Å². The molecule has 0 aromatic heterocycles. The summed E-state index contributed by atoms with van der Waals surface area (Å²) in [6, 6.07) is 0. The molecule has 2 fully saturated rings. The van der Waals surface area contributed by atoms with E-state index in [2.05, 4.69) is 34.6 Å². The van der Waals surface area contributed by atoms with Crippen molar-refractivity contribution in [2.24, 2.45) is 35.0 Å². The molecule has 2 saturated carbocycles. The summed E-state index contributed by atoms with van der Waals surface area (Å²) >= 11 is 0. The molecule has 2 aliphatic carbocycles. The normalized spacial score (nSPS) is 45.7. The van der Waals surface area contributed by atoms with E-state index in [1.807, 2.05) is 0 Å². The Morgan fingerprint density at radius 2 is 1.88 bits per heavy atom. The van der Waals surface area contributed by atoms with Crippen molar-refractivity contribution >= 4 is 0 Å². The van der Waals surface area contributed by atoms with E-state index in [0.717, 1.165) is 35.0 Å². The molecule has 0 heteroatoms. The first-order valence-corrected chi connectivity index (χ1v) is 8.09. The van der Waals surface area contributed by atoms with E-state index in [1.165, 1.54) is 32.1 Å². The van der Waals surface area contributed by atoms with E-state index in [1.54, 1.807) is 6.42 Å². The zero-order chi connectivity index (χ0) is 12.6. The fourth-order valence-corrected chi connectivity index (χ4v) is 5.15. The Bertz CT molecular complexity index is 257. The molecule has 0 aromatic rings. The predicted octanol–water partition coefficient (Wildman–Crippen LogP) is 5.52. The third kappa shape index (κ3) is 2.06. The topological polar surface area (TPSA) is 0 Å². The van der Waals surface area contributed by atoms with E-state index in [-0.39, 0.29) is 0 Å². The second-order valence-electron chi connectivity index (χ2n) is 7.13. The van der Waals surface area contributed by atoms with Crippen molar-refractivity contribution in [3.63, 3.8) is 0 Å². The molecule has 0 amide bonds. The van der Waals surface area contributed by atoms with E-state index >= 15 is 0 Å². The smallest absolute Gasteiger partial charge is 0.0233 e. The van der Waals surface area contributed by atoms with Crippen molar-refractivity contribution in [2.45, 2.75) is 73.1 Å². The molecule has 0 N–H and O–H groups in total. The number of rotatable bonds is 6. The first-order valence-electron chi connectivity index (χ1n) is 8.09. The first-order chi connectivity index (χ1) is 8.09. The molecule has 2 aliphatic rings. The fraction of sp³-hybridized carbons (Fsp3) is 1.00. The van der Waals surface area contributed by atoms with Gasteiger partial charge in [-0.2, -0.15) is 0 Å². The van der Waals surface area contributed by atoms with Gasteiger partial charge in [0.15, 0.2) is 0 Å². The van der Waals surface area contributed by atoms with Crippen molar-refractivity contribution in [3.05, 3.63) is 0 Å². The van der Waals surface area contributed by atoms with Gasteiger partial charge in [-0.3, -0.25) is 0 Å². The van der Waals surface area contributed by atoms with Crippen molar-refractivity contribution in [3.8, 4) is 0 Å². The Labute approximate surface area is 109 Å². The first kappa shape index (κ1) is 13.4. The van der Waals surface area contributed by atoms with Gasteiger partial charge in [-0.25, -0.2) is 0 Å². The predicted molar refractivity (Wildman–Crippen MR) is 76.0 cm³/mol. The Hall–Kier alpha value is 0. The van der Waals surface area contributed by atoms with E-state index < -0.39 is 0 Å². The highest BCUT2D eigenvalue weighted by molar-refractivity contribution is 5.16. The van der Waals surface area contributed by atoms with Crippen LogP contribution in [0.5, 0.6) is 0 Å². The summed E-state index contributed by atoms with van der Waals surface area (Å²) in [4.78, 5) is 0. The molecule has 100 valence electrons. The molecule has 0 radical (unpaired) electrons. The van der Waals surface area contributed by atoms with Crippen LogP contribution in [0.15, 0.2) is 0 Å². The average Bonchev–Trinajstić information content (AvgIpc) is 2.80. The van der Waals surface area contributed by atoms with Crippen LogP contribution >= 0.6 is 0 Å². The lowest BCUT2D eigenvalue weighted by molar-refractivity contribution is 0.185. The van der Waals surface area contributed by atoms with Crippen LogP contribution in [0.1, 0.15) is 73.1 Å². The van der Waals surface area contributed by atoms with E-state index in [9.17, 15) is 0 Å². The Morgan fingerprint density at radius 3 is 2.41 bits per heavy atom. The second kappa shape index (κ2) is 4.94. The summed E-state index contributed by atoms with van der Waals surface area (Å²) in [5.41, 5.74) is 0.748. The maximum absolute atomic E-state index is 2.62. The van der Waals surface area contributed by atoms with Gasteiger partial charge in [0.2, 0.25) is 0 Å². The summed E-state index contributed by atoms with van der Waals surface area (Å²) in [5, 5.41) is 0. The number of fused-ring (bicyclic) bond motifs is 1. The lowest BCUT2D eigenvalue weighted by Crippen LogP contribution is -2.23. The second-order valence-corrected chi connectivity index (χ2v) is 7.13. The summed E-state index contributed by atoms with van der Waals surface area (Å²) < 4.78 is 0. The third-order valence-electron chi connectivity index (χ3n) is 6.35. The molecule has 2 rings (SSSR count). The largest absolute Gasteiger partial charge is 0.0654 e. The van der Waals surface area contributed by atoms with Crippen molar-refractivity contribution < 1.29 is 0 Å². The monoisotopic (exact) mass is 236 g/mol. The van der Waals surface area contributed by atoms with Crippen molar-refractivity contribution in [1.29, 1.82) is 0 Å². The lowest BCUT2D eigenvalue weighted by atomic mass is 9.74. The quantitative estimate of drug-likeness (QED) is 0.569. The van der Waals surface area contributed by atoms with Crippen LogP contribution in [0, 0.1) is 35.0 Å². The molecule has 0 spiro atoms. The molecular weight excluding hydrogens is 204 g/mol. The highest BCUT2D eigenvalue weighted by Crippen LogP contribution is 2.75. The van der Waals surface area contributed by atoms with Gasteiger partial charge < -0.3 is 0 Å². The molecule has 6 atom stereocenters. The molecule has 0 aromatic carbocycles. The van der Waals surface area contributed by atoms with Gasteiger partial charge in [0, 0.05) is 0 Å². The van der Waals surface area contributed by atoms with Gasteiger partial charge in [0.05, 0.1) is 0 Å². The maximum Gasteiger partial charge on any atom is -0.0233 e. The van der Waals surface area contributed by atoms with Gasteiger partial charge in [0.1, 0.15) is 0 Å². The lowest BCUT2D eigenvalue weighted by Gasteiger charge is -2.31. The van der Waals surface area contributed by atoms with Crippen LogP contribution in [0.3, 0.4) is 0 Å².